The third-order valence-electron chi connectivity index (χ3n) is 12.9. The Labute approximate surface area is 429 Å². The number of fused-ring (bicyclic) bond motifs is 1. The van der Waals surface area contributed by atoms with E-state index < -0.39 is 45.3 Å². The number of pyridine rings is 1. The van der Waals surface area contributed by atoms with Crippen molar-refractivity contribution in [1.29, 1.82) is 0 Å². The van der Waals surface area contributed by atoms with Crippen LogP contribution in [0, 0.1) is 12.3 Å². The van der Waals surface area contributed by atoms with Gasteiger partial charge in [-0.1, -0.05) is 63.2 Å². The van der Waals surface area contributed by atoms with Crippen LogP contribution in [-0.2, 0) is 40.3 Å². The molecule has 0 spiro atoms. The molecular formula is C52H63N11O8S2. The highest BCUT2D eigenvalue weighted by Crippen LogP contribution is 2.30. The number of aliphatic hydroxyl groups is 1. The number of aliphatic hydroxyl groups excluding tert-OH is 1. The van der Waals surface area contributed by atoms with Gasteiger partial charge in [-0.15, -0.1) is 16.4 Å². The molecule has 3 atom stereocenters. The fourth-order valence-electron chi connectivity index (χ4n) is 8.90. The lowest BCUT2D eigenvalue weighted by Crippen LogP contribution is -2.57. The number of aryl methyl sites for hydroxylation is 1. The number of nitrogens with zero attached hydrogens (tertiary/aromatic N) is 7. The standard InChI is InChI=1S/C52H63N11O8S2/c1-34-47(72-33-55-34)37-11-9-35(10-12-37)30-54-49(67)43-29-40(64)31-62(43)50(68)48(52(2,3)4)58-45(65)21-27-71-28-22-53-46(66)32-60-23-25-61(26-24-60)39-17-15-38(16-18-39)56-51-57-44-8-6-7-42(63(44)59-51)36-13-19-41(20-14-36)73(5,69)70/h6-20,33,40,43,48,64H,21-32H2,1-5H3,(H,53,66)(H,54,67)(H,56,59)(H,58,65)/t40-,43+,48-/m1/s1. The molecule has 3 aromatic carbocycles. The van der Waals surface area contributed by atoms with Crippen molar-refractivity contribution in [3.63, 3.8) is 0 Å². The molecule has 2 aliphatic rings. The van der Waals surface area contributed by atoms with Gasteiger partial charge in [0, 0.05) is 81.8 Å². The number of carbonyl (C=O) groups excluding carboxylic acids is 4. The molecule has 2 aliphatic heterocycles. The molecule has 0 radical (unpaired) electrons. The lowest BCUT2D eigenvalue weighted by Gasteiger charge is -2.35. The summed E-state index contributed by atoms with van der Waals surface area (Å²) < 4.78 is 31.3. The number of sulfone groups is 1. The molecule has 386 valence electrons. The summed E-state index contributed by atoms with van der Waals surface area (Å²) >= 11 is 1.57. The normalized spacial score (nSPS) is 16.8. The van der Waals surface area contributed by atoms with Gasteiger partial charge in [0.1, 0.15) is 12.1 Å². The Morgan fingerprint density at radius 2 is 1.59 bits per heavy atom. The van der Waals surface area contributed by atoms with E-state index in [-0.39, 0.29) is 68.9 Å². The number of benzene rings is 3. The van der Waals surface area contributed by atoms with Crippen LogP contribution in [0.15, 0.2) is 101 Å². The van der Waals surface area contributed by atoms with Crippen molar-refractivity contribution in [2.24, 2.45) is 5.41 Å². The van der Waals surface area contributed by atoms with E-state index in [0.29, 0.717) is 24.7 Å². The molecule has 0 unspecified atom stereocenters. The second-order valence-corrected chi connectivity index (χ2v) is 22.4. The maximum absolute atomic E-state index is 14.0. The Hall–Kier alpha value is -6.78. The summed E-state index contributed by atoms with van der Waals surface area (Å²) in [6.07, 6.45) is 0.380. The number of β-amino-alcohol motifs (C(OH)–C–C–N with tert-alkyl or cyclic N) is 1. The summed E-state index contributed by atoms with van der Waals surface area (Å²) in [5.41, 5.74) is 8.09. The first-order valence-electron chi connectivity index (χ1n) is 24.3. The highest BCUT2D eigenvalue weighted by molar-refractivity contribution is 7.90. The van der Waals surface area contributed by atoms with E-state index in [0.717, 1.165) is 57.4 Å². The van der Waals surface area contributed by atoms with Crippen LogP contribution in [0.2, 0.25) is 0 Å². The van der Waals surface area contributed by atoms with Crippen LogP contribution in [0.25, 0.3) is 27.3 Å². The zero-order valence-corrected chi connectivity index (χ0v) is 43.3. The summed E-state index contributed by atoms with van der Waals surface area (Å²) in [6, 6.07) is 26.3. The van der Waals surface area contributed by atoms with Gasteiger partial charge in [0.15, 0.2) is 15.5 Å². The van der Waals surface area contributed by atoms with E-state index in [2.05, 4.69) is 46.1 Å². The molecule has 2 saturated heterocycles. The summed E-state index contributed by atoms with van der Waals surface area (Å²) in [5.74, 6) is -0.906. The molecule has 21 heteroatoms. The van der Waals surface area contributed by atoms with Crippen molar-refractivity contribution in [2.75, 3.05) is 75.5 Å². The van der Waals surface area contributed by atoms with E-state index in [1.165, 1.54) is 11.2 Å². The highest BCUT2D eigenvalue weighted by atomic mass is 32.2. The van der Waals surface area contributed by atoms with Crippen LogP contribution in [0.4, 0.5) is 17.3 Å². The number of piperazine rings is 1. The van der Waals surface area contributed by atoms with Crippen LogP contribution in [-0.4, -0.2) is 150 Å². The molecule has 2 fully saturated rings. The average Bonchev–Trinajstić information content (AvgIpc) is 4.11. The lowest BCUT2D eigenvalue weighted by atomic mass is 9.85. The van der Waals surface area contributed by atoms with Gasteiger partial charge in [-0.25, -0.2) is 17.9 Å². The monoisotopic (exact) mass is 1030 g/mol. The lowest BCUT2D eigenvalue weighted by molar-refractivity contribution is -0.144. The minimum atomic E-state index is -3.31. The molecule has 5 heterocycles. The summed E-state index contributed by atoms with van der Waals surface area (Å²) in [5, 5.41) is 27.2. The number of thiazole rings is 1. The Bertz CT molecular complexity index is 3000. The zero-order valence-electron chi connectivity index (χ0n) is 41.7. The van der Waals surface area contributed by atoms with E-state index in [1.807, 2.05) is 99.9 Å². The quantitative estimate of drug-likeness (QED) is 0.0707. The maximum Gasteiger partial charge on any atom is 0.247 e. The van der Waals surface area contributed by atoms with Crippen molar-refractivity contribution < 1.29 is 37.4 Å². The molecule has 5 N–H and O–H groups in total. The molecule has 3 aromatic heterocycles. The molecule has 19 nitrogen and oxygen atoms in total. The van der Waals surface area contributed by atoms with Gasteiger partial charge in [-0.3, -0.25) is 24.1 Å². The average molecular weight is 1030 g/mol. The van der Waals surface area contributed by atoms with Crippen molar-refractivity contribution >= 4 is 67.8 Å². The molecule has 8 rings (SSSR count). The first kappa shape index (κ1) is 52.5. The van der Waals surface area contributed by atoms with Crippen LogP contribution in [0.3, 0.4) is 0 Å². The number of anilines is 3. The van der Waals surface area contributed by atoms with Crippen molar-refractivity contribution in [3.05, 3.63) is 108 Å². The zero-order chi connectivity index (χ0) is 51.9. The minimum Gasteiger partial charge on any atom is -0.391 e. The molecule has 73 heavy (non-hydrogen) atoms. The number of ether oxygens (including phenoxy) is 1. The van der Waals surface area contributed by atoms with E-state index in [9.17, 15) is 32.7 Å². The SMILES string of the molecule is Cc1ncsc1-c1ccc(CNC(=O)[C@@H]2C[C@@H](O)CN2C(=O)[C@@H](NC(=O)CCOCCNC(=O)CN2CCN(c3ccc(Nc4nc5cccc(-c6ccc(S(C)(=O)=O)cc6)n5n4)cc3)CC2)C(C)(C)C)cc1. The van der Waals surface area contributed by atoms with Crippen LogP contribution >= 0.6 is 11.3 Å². The molecule has 0 saturated carbocycles. The van der Waals surface area contributed by atoms with E-state index in [1.54, 1.807) is 40.1 Å². The van der Waals surface area contributed by atoms with Gasteiger partial charge >= 0.3 is 0 Å². The van der Waals surface area contributed by atoms with Crippen LogP contribution < -0.4 is 26.2 Å². The first-order chi connectivity index (χ1) is 34.9. The number of carbonyl (C=O) groups is 4. The number of hydrogen-bond donors (Lipinski definition) is 5. The van der Waals surface area contributed by atoms with Crippen molar-refractivity contribution in [1.82, 2.24) is 45.3 Å². The van der Waals surface area contributed by atoms with Gasteiger partial charge in [-0.05, 0) is 72.0 Å². The minimum absolute atomic E-state index is 0.0142. The number of hydrogen-bond acceptors (Lipinski definition) is 15. The number of nitrogens with one attached hydrogen (secondary N) is 4. The van der Waals surface area contributed by atoms with E-state index >= 15 is 0 Å². The van der Waals surface area contributed by atoms with Gasteiger partial charge in [-0.2, -0.15) is 4.98 Å². The molecule has 0 aliphatic carbocycles. The highest BCUT2D eigenvalue weighted by Gasteiger charge is 2.44. The fourth-order valence-corrected chi connectivity index (χ4v) is 10.3. The Balaban J connectivity index is 0.718. The predicted octanol–water partition coefficient (Wildman–Crippen LogP) is 4.43. The second-order valence-electron chi connectivity index (χ2n) is 19.5. The smallest absolute Gasteiger partial charge is 0.247 e. The molecule has 6 aromatic rings. The van der Waals surface area contributed by atoms with Crippen LogP contribution in [0.1, 0.15) is 44.9 Å². The van der Waals surface area contributed by atoms with Gasteiger partial charge in [0.05, 0.1) is 52.5 Å². The third-order valence-corrected chi connectivity index (χ3v) is 15.0. The Kier molecular flexibility index (Phi) is 16.5. The molecule has 0 bridgehead atoms. The van der Waals surface area contributed by atoms with Crippen molar-refractivity contribution in [2.45, 2.75) is 70.2 Å². The summed E-state index contributed by atoms with van der Waals surface area (Å²) in [6.45, 7) is 11.4. The topological polar surface area (TPSA) is 233 Å². The summed E-state index contributed by atoms with van der Waals surface area (Å²) in [4.78, 5) is 69.5. The summed E-state index contributed by atoms with van der Waals surface area (Å²) in [7, 11) is -3.31. The molecule has 4 amide bonds. The Morgan fingerprint density at radius 3 is 2.26 bits per heavy atom. The first-order valence-corrected chi connectivity index (χ1v) is 27.1. The number of amides is 4. The second kappa shape index (κ2) is 23.0. The number of likely N-dealkylation sites (tertiary alicyclic amines) is 1. The molecular weight excluding hydrogens is 971 g/mol. The Morgan fingerprint density at radius 1 is 0.877 bits per heavy atom. The number of rotatable bonds is 19. The third kappa shape index (κ3) is 13.4. The van der Waals surface area contributed by atoms with Crippen LogP contribution in [0.5, 0.6) is 0 Å². The van der Waals surface area contributed by atoms with Crippen molar-refractivity contribution in [3.8, 4) is 21.7 Å². The number of aromatic nitrogens is 4. The maximum atomic E-state index is 14.0. The van der Waals surface area contributed by atoms with E-state index in [4.69, 9.17) is 4.74 Å². The predicted molar refractivity (Wildman–Crippen MR) is 280 cm³/mol. The van der Waals surface area contributed by atoms with Gasteiger partial charge in [0.2, 0.25) is 29.6 Å². The van der Waals surface area contributed by atoms with Gasteiger partial charge < -0.3 is 40.9 Å². The van der Waals surface area contributed by atoms with Gasteiger partial charge in [0.25, 0.3) is 0 Å². The fraction of sp³-hybridized carbons (Fsp3) is 0.404. The largest absolute Gasteiger partial charge is 0.391 e.